The summed E-state index contributed by atoms with van der Waals surface area (Å²) in [5.41, 5.74) is 1.08. The summed E-state index contributed by atoms with van der Waals surface area (Å²) >= 11 is 1.67. The van der Waals surface area contributed by atoms with Crippen molar-refractivity contribution in [3.8, 4) is 0 Å². The molecule has 12 heavy (non-hydrogen) atoms. The van der Waals surface area contributed by atoms with E-state index in [1.165, 1.54) is 17.0 Å². The Balaban J connectivity index is 2.96. The molecule has 0 aromatic heterocycles. The van der Waals surface area contributed by atoms with E-state index in [4.69, 9.17) is 0 Å². The van der Waals surface area contributed by atoms with Crippen molar-refractivity contribution in [2.45, 2.75) is 6.92 Å². The number of halogens is 1. The molecule has 0 atom stereocenters. The monoisotopic (exact) mass is 182 g/mol. The highest BCUT2D eigenvalue weighted by molar-refractivity contribution is 8.07. The molecular weight excluding hydrogens is 171 g/mol. The first-order valence-electron chi connectivity index (χ1n) is 3.74. The third-order valence-electron chi connectivity index (χ3n) is 1.61. The smallest absolute Gasteiger partial charge is 0.123 e. The second kappa shape index (κ2) is 4.31. The zero-order chi connectivity index (χ0) is 8.97. The standard InChI is InChI=1S/C10H11FS/c1-3-10(12-2)8-4-6-9(11)7-5-8/h3-7H,1-2H3. The Morgan fingerprint density at radius 1 is 1.33 bits per heavy atom. The topological polar surface area (TPSA) is 0 Å². The first-order chi connectivity index (χ1) is 5.77. The van der Waals surface area contributed by atoms with Crippen molar-refractivity contribution in [3.05, 3.63) is 41.7 Å². The van der Waals surface area contributed by atoms with E-state index in [0.29, 0.717) is 0 Å². The van der Waals surface area contributed by atoms with Gasteiger partial charge in [0.25, 0.3) is 0 Å². The third-order valence-corrected chi connectivity index (χ3v) is 2.52. The van der Waals surface area contributed by atoms with Gasteiger partial charge in [0, 0.05) is 4.91 Å². The first-order valence-corrected chi connectivity index (χ1v) is 4.96. The fraction of sp³-hybridized carbons (Fsp3) is 0.200. The van der Waals surface area contributed by atoms with Crippen LogP contribution in [0, 0.1) is 5.82 Å². The predicted octanol–water partition coefficient (Wildman–Crippen LogP) is 3.55. The van der Waals surface area contributed by atoms with Gasteiger partial charge in [-0.1, -0.05) is 18.2 Å². The molecule has 1 rings (SSSR count). The molecule has 0 radical (unpaired) electrons. The maximum atomic E-state index is 12.5. The normalized spacial score (nSPS) is 11.8. The van der Waals surface area contributed by atoms with Crippen molar-refractivity contribution in [2.75, 3.05) is 6.26 Å². The van der Waals surface area contributed by atoms with E-state index in [-0.39, 0.29) is 5.82 Å². The van der Waals surface area contributed by atoms with E-state index in [1.54, 1.807) is 23.9 Å². The van der Waals surface area contributed by atoms with Crippen LogP contribution in [0.15, 0.2) is 30.3 Å². The molecule has 0 bridgehead atoms. The molecule has 0 heterocycles. The summed E-state index contributed by atoms with van der Waals surface area (Å²) in [4.78, 5) is 1.18. The van der Waals surface area contributed by atoms with Gasteiger partial charge < -0.3 is 0 Å². The van der Waals surface area contributed by atoms with Crippen LogP contribution >= 0.6 is 11.8 Å². The van der Waals surface area contributed by atoms with Crippen LogP contribution in [0.1, 0.15) is 12.5 Å². The van der Waals surface area contributed by atoms with Gasteiger partial charge in [0.05, 0.1) is 0 Å². The van der Waals surface area contributed by atoms with Gasteiger partial charge in [0.2, 0.25) is 0 Å². The molecule has 2 heteroatoms. The fourth-order valence-electron chi connectivity index (χ4n) is 1.02. The van der Waals surface area contributed by atoms with Gasteiger partial charge in [-0.3, -0.25) is 0 Å². The Kier molecular flexibility index (Phi) is 3.35. The molecule has 0 spiro atoms. The molecule has 0 saturated carbocycles. The third kappa shape index (κ3) is 2.11. The highest BCUT2D eigenvalue weighted by atomic mass is 32.2. The molecule has 1 aromatic carbocycles. The molecule has 0 aliphatic carbocycles. The Hall–Kier alpha value is -0.760. The average molecular weight is 182 g/mol. The van der Waals surface area contributed by atoms with E-state index >= 15 is 0 Å². The number of thioether (sulfide) groups is 1. The zero-order valence-electron chi connectivity index (χ0n) is 7.17. The van der Waals surface area contributed by atoms with E-state index < -0.39 is 0 Å². The van der Waals surface area contributed by atoms with Crippen molar-refractivity contribution in [1.29, 1.82) is 0 Å². The molecule has 0 saturated heterocycles. The summed E-state index contributed by atoms with van der Waals surface area (Å²) in [5.74, 6) is -0.185. The number of hydrogen-bond donors (Lipinski definition) is 0. The van der Waals surface area contributed by atoms with Crippen LogP contribution in [0.25, 0.3) is 4.91 Å². The van der Waals surface area contributed by atoms with Crippen molar-refractivity contribution in [3.63, 3.8) is 0 Å². The van der Waals surface area contributed by atoms with Crippen LogP contribution in [0.3, 0.4) is 0 Å². The molecule has 0 unspecified atom stereocenters. The first kappa shape index (κ1) is 9.33. The Bertz CT molecular complexity index is 274. The van der Waals surface area contributed by atoms with Crippen LogP contribution in [0.4, 0.5) is 4.39 Å². The average Bonchev–Trinajstić information content (AvgIpc) is 2.10. The Labute approximate surface area is 76.5 Å². The molecule has 0 aliphatic heterocycles. The van der Waals surface area contributed by atoms with Crippen molar-refractivity contribution in [2.24, 2.45) is 0 Å². The van der Waals surface area contributed by atoms with Gasteiger partial charge in [0.15, 0.2) is 0 Å². The molecule has 64 valence electrons. The largest absolute Gasteiger partial charge is 0.207 e. The lowest BCUT2D eigenvalue weighted by Gasteiger charge is -2.02. The number of allylic oxidation sites excluding steroid dienone is 1. The van der Waals surface area contributed by atoms with E-state index in [0.717, 1.165) is 5.56 Å². The van der Waals surface area contributed by atoms with E-state index in [2.05, 4.69) is 0 Å². The minimum absolute atomic E-state index is 0.185. The van der Waals surface area contributed by atoms with Gasteiger partial charge in [-0.2, -0.15) is 0 Å². The molecule has 0 aliphatic rings. The SMILES string of the molecule is CC=C(SC)c1ccc(F)cc1. The summed E-state index contributed by atoms with van der Waals surface area (Å²) in [5, 5.41) is 0. The number of hydrogen-bond acceptors (Lipinski definition) is 1. The lowest BCUT2D eigenvalue weighted by molar-refractivity contribution is 0.627. The Morgan fingerprint density at radius 3 is 2.33 bits per heavy atom. The van der Waals surface area contributed by atoms with Crippen molar-refractivity contribution in [1.82, 2.24) is 0 Å². The molecule has 0 N–H and O–H groups in total. The summed E-state index contributed by atoms with van der Waals surface area (Å²) < 4.78 is 12.5. The quantitative estimate of drug-likeness (QED) is 0.674. The van der Waals surface area contributed by atoms with Crippen molar-refractivity contribution < 1.29 is 4.39 Å². The highest BCUT2D eigenvalue weighted by Crippen LogP contribution is 2.24. The molecule has 0 nitrogen and oxygen atoms in total. The number of rotatable bonds is 2. The summed E-state index contributed by atoms with van der Waals surface area (Å²) in [6.45, 7) is 1.98. The van der Waals surface area contributed by atoms with Crippen LogP contribution in [0.5, 0.6) is 0 Å². The fourth-order valence-corrected chi connectivity index (χ4v) is 1.62. The number of benzene rings is 1. The van der Waals surface area contributed by atoms with Crippen LogP contribution in [-0.2, 0) is 0 Å². The molecule has 0 fully saturated rings. The maximum absolute atomic E-state index is 12.5. The van der Waals surface area contributed by atoms with Gasteiger partial charge in [0.1, 0.15) is 5.82 Å². The molecular formula is C10H11FS. The predicted molar refractivity (Wildman–Crippen MR) is 53.6 cm³/mol. The van der Waals surface area contributed by atoms with E-state index in [1.807, 2.05) is 19.3 Å². The lowest BCUT2D eigenvalue weighted by Crippen LogP contribution is -1.79. The molecule has 1 aromatic rings. The minimum Gasteiger partial charge on any atom is -0.207 e. The second-order valence-electron chi connectivity index (χ2n) is 2.36. The summed E-state index contributed by atoms with van der Waals surface area (Å²) in [6, 6.07) is 6.55. The van der Waals surface area contributed by atoms with Gasteiger partial charge >= 0.3 is 0 Å². The van der Waals surface area contributed by atoms with Gasteiger partial charge in [-0.25, -0.2) is 4.39 Å². The summed E-state index contributed by atoms with van der Waals surface area (Å²) in [6.07, 6.45) is 4.04. The van der Waals surface area contributed by atoms with Crippen molar-refractivity contribution >= 4 is 16.7 Å². The van der Waals surface area contributed by atoms with Crippen LogP contribution in [0.2, 0.25) is 0 Å². The lowest BCUT2D eigenvalue weighted by atomic mass is 10.2. The van der Waals surface area contributed by atoms with E-state index in [9.17, 15) is 4.39 Å². The zero-order valence-corrected chi connectivity index (χ0v) is 7.99. The minimum atomic E-state index is -0.185. The van der Waals surface area contributed by atoms with Crippen LogP contribution in [-0.4, -0.2) is 6.26 Å². The molecule has 0 amide bonds. The van der Waals surface area contributed by atoms with Gasteiger partial charge in [-0.05, 0) is 30.9 Å². The second-order valence-corrected chi connectivity index (χ2v) is 3.21. The Morgan fingerprint density at radius 2 is 1.92 bits per heavy atom. The highest BCUT2D eigenvalue weighted by Gasteiger charge is 1.97. The maximum Gasteiger partial charge on any atom is 0.123 e. The summed E-state index contributed by atoms with van der Waals surface area (Å²) in [7, 11) is 0. The van der Waals surface area contributed by atoms with Crippen LogP contribution < -0.4 is 0 Å². The van der Waals surface area contributed by atoms with Gasteiger partial charge in [-0.15, -0.1) is 11.8 Å².